The molecule has 0 aromatic heterocycles. The fourth-order valence-electron chi connectivity index (χ4n) is 7.10. The molecule has 10 nitrogen and oxygen atoms in total. The van der Waals surface area contributed by atoms with E-state index in [-0.39, 0.29) is 42.5 Å². The molecule has 2 aliphatic rings. The van der Waals surface area contributed by atoms with Gasteiger partial charge in [0.05, 0.1) is 36.1 Å². The van der Waals surface area contributed by atoms with Gasteiger partial charge in [-0.3, -0.25) is 9.59 Å². The number of carbonyl (C=O) groups is 3. The maximum Gasteiger partial charge on any atom is 0.323 e. The highest BCUT2D eigenvalue weighted by atomic mass is 16.5. The van der Waals surface area contributed by atoms with Gasteiger partial charge in [-0.05, 0) is 75.6 Å². The molecule has 1 fully saturated rings. The lowest BCUT2D eigenvalue weighted by molar-refractivity contribution is -0.137. The minimum absolute atomic E-state index is 0.0602. The van der Waals surface area contributed by atoms with Gasteiger partial charge in [0.25, 0.3) is 5.91 Å². The monoisotopic (exact) mass is 686 g/mol. The van der Waals surface area contributed by atoms with E-state index in [4.69, 9.17) is 9.47 Å². The number of aliphatic hydroxyl groups is 1. The van der Waals surface area contributed by atoms with Gasteiger partial charge in [0.15, 0.2) is 0 Å². The van der Waals surface area contributed by atoms with Crippen LogP contribution in [0.2, 0.25) is 0 Å². The van der Waals surface area contributed by atoms with Crippen LogP contribution in [0.4, 0.5) is 16.2 Å². The van der Waals surface area contributed by atoms with E-state index >= 15 is 0 Å². The van der Waals surface area contributed by atoms with Crippen molar-refractivity contribution in [3.8, 4) is 5.75 Å². The summed E-state index contributed by atoms with van der Waals surface area (Å²) < 4.78 is 12.8. The van der Waals surface area contributed by atoms with Crippen LogP contribution >= 0.6 is 0 Å². The molecule has 3 aromatic rings. The highest BCUT2D eigenvalue weighted by molar-refractivity contribution is 6.07. The third kappa shape index (κ3) is 9.54. The molecule has 3 N–H and O–H groups in total. The van der Waals surface area contributed by atoms with Gasteiger partial charge in [-0.15, -0.1) is 0 Å². The van der Waals surface area contributed by atoms with Crippen molar-refractivity contribution >= 4 is 40.0 Å². The molecule has 1 aliphatic carbocycles. The molecular weight excluding hydrogens is 632 g/mol. The van der Waals surface area contributed by atoms with Gasteiger partial charge in [-0.1, -0.05) is 62.6 Å². The number of benzene rings is 3. The number of ether oxygens (including phenoxy) is 2. The van der Waals surface area contributed by atoms with E-state index in [9.17, 15) is 19.5 Å². The predicted molar refractivity (Wildman–Crippen MR) is 198 cm³/mol. The van der Waals surface area contributed by atoms with Crippen molar-refractivity contribution in [3.05, 3.63) is 66.2 Å². The van der Waals surface area contributed by atoms with Crippen LogP contribution in [-0.2, 0) is 9.53 Å². The Morgan fingerprint density at radius 2 is 1.70 bits per heavy atom. The molecule has 5 rings (SSSR count). The molecule has 270 valence electrons. The van der Waals surface area contributed by atoms with Crippen molar-refractivity contribution < 1.29 is 29.0 Å². The standard InChI is InChI=1S/C40H54N4O6/c1-27-24-44(28(2)26-45)39(47)34-23-32(41-40(48)42-35-19-12-17-30-14-8-9-18-33(30)35)20-21-36(34)50-29(3)13-10-11-22-49-37(27)25-43(4)38(46)31-15-6-5-7-16-31/h8-9,12,14,17-21,23,27-29,31,37,45H,5-7,10-11,13,15-16,22,24-26H2,1-4H3,(H2,41,42,48)/t27-,28+,29+,37-/m1/s1. The number of fused-ring (bicyclic) bond motifs is 2. The number of rotatable bonds is 7. The average molecular weight is 687 g/mol. The fourth-order valence-corrected chi connectivity index (χ4v) is 7.10. The van der Waals surface area contributed by atoms with Crippen molar-refractivity contribution in [2.75, 3.05) is 44.0 Å². The molecule has 50 heavy (non-hydrogen) atoms. The van der Waals surface area contributed by atoms with E-state index < -0.39 is 12.1 Å². The molecule has 10 heteroatoms. The molecule has 4 atom stereocenters. The third-order valence-corrected chi connectivity index (χ3v) is 10.1. The average Bonchev–Trinajstić information content (AvgIpc) is 3.12. The molecule has 4 amide bonds. The van der Waals surface area contributed by atoms with Crippen LogP contribution in [0.15, 0.2) is 60.7 Å². The summed E-state index contributed by atoms with van der Waals surface area (Å²) >= 11 is 0. The number of nitrogens with zero attached hydrogens (tertiary/aromatic N) is 2. The summed E-state index contributed by atoms with van der Waals surface area (Å²) in [5.74, 6) is 0.189. The first-order chi connectivity index (χ1) is 24.1. The maximum atomic E-state index is 14.5. The van der Waals surface area contributed by atoms with Crippen molar-refractivity contribution in [1.82, 2.24) is 9.80 Å². The molecule has 1 aliphatic heterocycles. The molecular formula is C40H54N4O6. The zero-order valence-electron chi connectivity index (χ0n) is 30.0. The third-order valence-electron chi connectivity index (χ3n) is 10.1. The van der Waals surface area contributed by atoms with Crippen LogP contribution in [0, 0.1) is 11.8 Å². The minimum Gasteiger partial charge on any atom is -0.490 e. The molecule has 0 radical (unpaired) electrons. The molecule has 0 spiro atoms. The lowest BCUT2D eigenvalue weighted by atomic mass is 9.88. The van der Waals surface area contributed by atoms with Gasteiger partial charge in [-0.2, -0.15) is 0 Å². The number of urea groups is 1. The Labute approximate surface area is 296 Å². The molecule has 0 unspecified atom stereocenters. The first-order valence-electron chi connectivity index (χ1n) is 18.3. The zero-order chi connectivity index (χ0) is 35.6. The van der Waals surface area contributed by atoms with Crippen molar-refractivity contribution in [1.29, 1.82) is 0 Å². The normalized spacial score (nSPS) is 21.7. The van der Waals surface area contributed by atoms with Gasteiger partial charge in [0.2, 0.25) is 5.91 Å². The maximum absolute atomic E-state index is 14.5. The Hall–Kier alpha value is -4.15. The summed E-state index contributed by atoms with van der Waals surface area (Å²) in [7, 11) is 1.86. The van der Waals surface area contributed by atoms with E-state index in [2.05, 4.69) is 10.6 Å². The van der Waals surface area contributed by atoms with E-state index in [0.29, 0.717) is 42.4 Å². The summed E-state index contributed by atoms with van der Waals surface area (Å²) in [5, 5.41) is 18.1. The number of nitrogens with one attached hydrogen (secondary N) is 2. The summed E-state index contributed by atoms with van der Waals surface area (Å²) in [6.45, 7) is 6.87. The van der Waals surface area contributed by atoms with Crippen LogP contribution in [-0.4, -0.2) is 84.4 Å². The number of aliphatic hydroxyl groups excluding tert-OH is 1. The zero-order valence-corrected chi connectivity index (χ0v) is 30.0. The number of anilines is 2. The Balaban J connectivity index is 1.38. The molecule has 1 heterocycles. The number of hydrogen-bond donors (Lipinski definition) is 3. The van der Waals surface area contributed by atoms with Gasteiger partial charge < -0.3 is 35.0 Å². The summed E-state index contributed by atoms with van der Waals surface area (Å²) in [4.78, 5) is 44.5. The van der Waals surface area contributed by atoms with Crippen LogP contribution < -0.4 is 15.4 Å². The molecule has 0 saturated heterocycles. The Bertz CT molecular complexity index is 1600. The number of amides is 4. The Kier molecular flexibility index (Phi) is 13.1. The van der Waals surface area contributed by atoms with E-state index in [1.807, 2.05) is 75.2 Å². The second-order valence-electron chi connectivity index (χ2n) is 14.2. The molecule has 0 bridgehead atoms. The summed E-state index contributed by atoms with van der Waals surface area (Å²) in [6, 6.07) is 17.7. The van der Waals surface area contributed by atoms with Crippen LogP contribution in [0.3, 0.4) is 0 Å². The fraction of sp³-hybridized carbons (Fsp3) is 0.525. The van der Waals surface area contributed by atoms with Crippen LogP contribution in [0.25, 0.3) is 10.8 Å². The second kappa shape index (κ2) is 17.7. The Morgan fingerprint density at radius 1 is 0.960 bits per heavy atom. The largest absolute Gasteiger partial charge is 0.490 e. The lowest BCUT2D eigenvalue weighted by Crippen LogP contribution is -2.48. The SMILES string of the molecule is C[C@@H]1CN([C@@H](C)CO)C(=O)c2cc(NC(=O)Nc3cccc4ccccc34)ccc2O[C@@H](C)CCCCO[C@@H]1CN(C)C(=O)C1CCCCC1. The number of hydrogen-bond acceptors (Lipinski definition) is 6. The van der Waals surface area contributed by atoms with Gasteiger partial charge in [0.1, 0.15) is 5.75 Å². The van der Waals surface area contributed by atoms with Crippen LogP contribution in [0.5, 0.6) is 5.75 Å². The first-order valence-corrected chi connectivity index (χ1v) is 18.3. The highest BCUT2D eigenvalue weighted by Gasteiger charge is 2.32. The summed E-state index contributed by atoms with van der Waals surface area (Å²) in [5.41, 5.74) is 1.40. The van der Waals surface area contributed by atoms with E-state index in [1.165, 1.54) is 6.42 Å². The van der Waals surface area contributed by atoms with E-state index in [1.54, 1.807) is 23.1 Å². The number of likely N-dealkylation sites (N-methyl/N-ethyl adjacent to an activating group) is 1. The highest BCUT2D eigenvalue weighted by Crippen LogP contribution is 2.30. The van der Waals surface area contributed by atoms with Crippen LogP contribution in [0.1, 0.15) is 82.5 Å². The quantitative estimate of drug-likeness (QED) is 0.240. The van der Waals surface area contributed by atoms with Crippen molar-refractivity contribution in [2.24, 2.45) is 11.8 Å². The first kappa shape index (κ1) is 37.1. The smallest absolute Gasteiger partial charge is 0.323 e. The Morgan fingerprint density at radius 3 is 2.48 bits per heavy atom. The molecule has 3 aromatic carbocycles. The van der Waals surface area contributed by atoms with E-state index in [0.717, 1.165) is 55.7 Å². The van der Waals surface area contributed by atoms with Gasteiger partial charge >= 0.3 is 6.03 Å². The minimum atomic E-state index is -0.503. The van der Waals surface area contributed by atoms with Gasteiger partial charge in [-0.25, -0.2) is 4.79 Å². The molecule has 1 saturated carbocycles. The topological polar surface area (TPSA) is 120 Å². The van der Waals surface area contributed by atoms with Crippen molar-refractivity contribution in [2.45, 2.75) is 90.4 Å². The lowest BCUT2D eigenvalue weighted by Gasteiger charge is -2.36. The number of carbonyl (C=O) groups excluding carboxylic acids is 3. The second-order valence-corrected chi connectivity index (χ2v) is 14.2. The van der Waals surface area contributed by atoms with Crippen molar-refractivity contribution in [3.63, 3.8) is 0 Å². The summed E-state index contributed by atoms with van der Waals surface area (Å²) in [6.07, 6.45) is 7.25. The van der Waals surface area contributed by atoms with Gasteiger partial charge in [0, 0.05) is 49.7 Å². The predicted octanol–water partition coefficient (Wildman–Crippen LogP) is 7.32.